The number of aromatic nitrogens is 3. The number of nitrogens with zero attached hydrogens (tertiary/aromatic N) is 3. The van der Waals surface area contributed by atoms with E-state index in [1.165, 1.54) is 5.56 Å². The fourth-order valence-corrected chi connectivity index (χ4v) is 2.23. The molecule has 5 nitrogen and oxygen atoms in total. The molecule has 0 bridgehead atoms. The first-order chi connectivity index (χ1) is 9.76. The van der Waals surface area contributed by atoms with Crippen molar-refractivity contribution in [3.8, 4) is 0 Å². The average Bonchev–Trinajstić information content (AvgIpc) is 3.10. The van der Waals surface area contributed by atoms with Gasteiger partial charge in [-0.2, -0.15) is 4.98 Å². The third-order valence-electron chi connectivity index (χ3n) is 3.37. The second kappa shape index (κ2) is 7.24. The standard InChI is InChI=1S/C15H24N4O/c1-4-8-16-13(5-2)12-7-9-19(10-12)11-15-17-14(6-3)18-20-15/h7,9-10,13,16H,4-6,8,11H2,1-3H3. The number of hydrogen-bond donors (Lipinski definition) is 1. The Hall–Kier alpha value is -1.62. The normalized spacial score (nSPS) is 12.8. The van der Waals surface area contributed by atoms with Gasteiger partial charge in [-0.05, 0) is 31.0 Å². The van der Waals surface area contributed by atoms with E-state index in [1.807, 2.05) is 6.92 Å². The summed E-state index contributed by atoms with van der Waals surface area (Å²) in [6.07, 6.45) is 7.27. The largest absolute Gasteiger partial charge is 0.345 e. The van der Waals surface area contributed by atoms with E-state index < -0.39 is 0 Å². The van der Waals surface area contributed by atoms with Crippen LogP contribution in [0.25, 0.3) is 0 Å². The molecule has 0 aliphatic carbocycles. The van der Waals surface area contributed by atoms with E-state index in [0.29, 0.717) is 18.5 Å². The van der Waals surface area contributed by atoms with Crippen molar-refractivity contribution in [2.24, 2.45) is 0 Å². The molecule has 0 fully saturated rings. The Morgan fingerprint density at radius 2 is 2.20 bits per heavy atom. The second-order valence-corrected chi connectivity index (χ2v) is 4.99. The Kier molecular flexibility index (Phi) is 5.35. The summed E-state index contributed by atoms with van der Waals surface area (Å²) < 4.78 is 7.32. The van der Waals surface area contributed by atoms with Crippen LogP contribution in [0.15, 0.2) is 23.0 Å². The lowest BCUT2D eigenvalue weighted by atomic mass is 10.1. The molecule has 2 rings (SSSR count). The summed E-state index contributed by atoms with van der Waals surface area (Å²) in [5.74, 6) is 1.43. The van der Waals surface area contributed by atoms with E-state index >= 15 is 0 Å². The molecule has 2 aromatic rings. The van der Waals surface area contributed by atoms with Gasteiger partial charge in [0.25, 0.3) is 0 Å². The molecule has 1 unspecified atom stereocenters. The minimum atomic E-state index is 0.421. The van der Waals surface area contributed by atoms with Crippen LogP contribution in [0.1, 0.15) is 56.9 Å². The molecule has 20 heavy (non-hydrogen) atoms. The Morgan fingerprint density at radius 3 is 2.85 bits per heavy atom. The van der Waals surface area contributed by atoms with E-state index in [9.17, 15) is 0 Å². The Labute approximate surface area is 120 Å². The van der Waals surface area contributed by atoms with E-state index in [4.69, 9.17) is 4.52 Å². The highest BCUT2D eigenvalue weighted by atomic mass is 16.5. The molecule has 2 heterocycles. The lowest BCUT2D eigenvalue weighted by Crippen LogP contribution is -2.21. The number of rotatable bonds is 8. The molecular weight excluding hydrogens is 252 g/mol. The van der Waals surface area contributed by atoms with Gasteiger partial charge in [-0.25, -0.2) is 0 Å². The van der Waals surface area contributed by atoms with Crippen LogP contribution in [-0.4, -0.2) is 21.3 Å². The summed E-state index contributed by atoms with van der Waals surface area (Å²) in [6, 6.07) is 2.58. The van der Waals surface area contributed by atoms with Gasteiger partial charge in [-0.3, -0.25) is 0 Å². The van der Waals surface area contributed by atoms with Crippen molar-refractivity contribution >= 4 is 0 Å². The van der Waals surface area contributed by atoms with Crippen LogP contribution >= 0.6 is 0 Å². The lowest BCUT2D eigenvalue weighted by molar-refractivity contribution is 0.366. The van der Waals surface area contributed by atoms with Crippen molar-refractivity contribution in [1.29, 1.82) is 0 Å². The molecule has 0 amide bonds. The highest BCUT2D eigenvalue weighted by molar-refractivity contribution is 5.15. The third kappa shape index (κ3) is 3.70. The van der Waals surface area contributed by atoms with Crippen molar-refractivity contribution in [2.45, 2.75) is 52.6 Å². The Morgan fingerprint density at radius 1 is 1.35 bits per heavy atom. The van der Waals surface area contributed by atoms with E-state index in [0.717, 1.165) is 31.6 Å². The van der Waals surface area contributed by atoms with Crippen molar-refractivity contribution in [1.82, 2.24) is 20.0 Å². The van der Waals surface area contributed by atoms with Crippen LogP contribution in [0.4, 0.5) is 0 Å². The van der Waals surface area contributed by atoms with Crippen molar-refractivity contribution in [3.05, 3.63) is 35.7 Å². The maximum Gasteiger partial charge on any atom is 0.246 e. The average molecular weight is 276 g/mol. The van der Waals surface area contributed by atoms with Gasteiger partial charge in [-0.15, -0.1) is 0 Å². The molecule has 0 aliphatic rings. The number of nitrogens with one attached hydrogen (secondary N) is 1. The maximum absolute atomic E-state index is 5.22. The van der Waals surface area contributed by atoms with Crippen LogP contribution in [0.5, 0.6) is 0 Å². The fraction of sp³-hybridized carbons (Fsp3) is 0.600. The van der Waals surface area contributed by atoms with Gasteiger partial charge in [0.1, 0.15) is 6.54 Å². The van der Waals surface area contributed by atoms with Crippen molar-refractivity contribution in [2.75, 3.05) is 6.54 Å². The van der Waals surface area contributed by atoms with Gasteiger partial charge in [0.2, 0.25) is 5.89 Å². The summed E-state index contributed by atoms with van der Waals surface area (Å²) in [5, 5.41) is 7.48. The highest BCUT2D eigenvalue weighted by Crippen LogP contribution is 2.17. The maximum atomic E-state index is 5.22. The van der Waals surface area contributed by atoms with Gasteiger partial charge >= 0.3 is 0 Å². The molecule has 110 valence electrons. The van der Waals surface area contributed by atoms with Gasteiger partial charge < -0.3 is 14.4 Å². The van der Waals surface area contributed by atoms with Gasteiger partial charge in [0.05, 0.1) is 0 Å². The zero-order valence-corrected chi connectivity index (χ0v) is 12.6. The molecule has 0 aromatic carbocycles. The second-order valence-electron chi connectivity index (χ2n) is 4.99. The van der Waals surface area contributed by atoms with E-state index in [-0.39, 0.29) is 0 Å². The van der Waals surface area contributed by atoms with Crippen LogP contribution in [0.2, 0.25) is 0 Å². The molecular formula is C15H24N4O. The zero-order chi connectivity index (χ0) is 14.4. The first kappa shape index (κ1) is 14.8. The SMILES string of the molecule is CCCNC(CC)c1ccn(Cc2nc(CC)no2)c1. The molecule has 0 aliphatic heterocycles. The molecule has 1 atom stereocenters. The molecule has 0 saturated carbocycles. The molecule has 0 radical (unpaired) electrons. The van der Waals surface area contributed by atoms with Gasteiger partial charge in [0.15, 0.2) is 5.82 Å². The van der Waals surface area contributed by atoms with E-state index in [1.54, 1.807) is 0 Å². The Bertz CT molecular complexity index is 517. The smallest absolute Gasteiger partial charge is 0.246 e. The lowest BCUT2D eigenvalue weighted by Gasteiger charge is -2.14. The minimum absolute atomic E-state index is 0.421. The van der Waals surface area contributed by atoms with Crippen LogP contribution < -0.4 is 5.32 Å². The quantitative estimate of drug-likeness (QED) is 0.805. The van der Waals surface area contributed by atoms with Crippen molar-refractivity contribution in [3.63, 3.8) is 0 Å². The molecule has 0 saturated heterocycles. The summed E-state index contributed by atoms with van der Waals surface area (Å²) in [7, 11) is 0. The van der Waals surface area contributed by atoms with Gasteiger partial charge in [-0.1, -0.05) is 25.9 Å². The summed E-state index contributed by atoms with van der Waals surface area (Å²) in [4.78, 5) is 4.33. The Balaban J connectivity index is 2.00. The summed E-state index contributed by atoms with van der Waals surface area (Å²) >= 11 is 0. The predicted molar refractivity (Wildman–Crippen MR) is 78.5 cm³/mol. The molecule has 5 heteroatoms. The zero-order valence-electron chi connectivity index (χ0n) is 12.6. The molecule has 2 aromatic heterocycles. The predicted octanol–water partition coefficient (Wildman–Crippen LogP) is 2.93. The molecule has 0 spiro atoms. The highest BCUT2D eigenvalue weighted by Gasteiger charge is 2.11. The number of aryl methyl sites for hydroxylation is 1. The van der Waals surface area contributed by atoms with Crippen LogP contribution in [0.3, 0.4) is 0 Å². The van der Waals surface area contributed by atoms with Crippen molar-refractivity contribution < 1.29 is 4.52 Å². The molecule has 1 N–H and O–H groups in total. The fourth-order valence-electron chi connectivity index (χ4n) is 2.23. The third-order valence-corrected chi connectivity index (χ3v) is 3.37. The topological polar surface area (TPSA) is 55.9 Å². The van der Waals surface area contributed by atoms with Crippen LogP contribution in [0, 0.1) is 0 Å². The van der Waals surface area contributed by atoms with Gasteiger partial charge in [0, 0.05) is 24.9 Å². The summed E-state index contributed by atoms with van der Waals surface area (Å²) in [6.45, 7) is 8.10. The monoisotopic (exact) mass is 276 g/mol. The first-order valence-corrected chi connectivity index (χ1v) is 7.47. The van der Waals surface area contributed by atoms with E-state index in [2.05, 4.69) is 52.3 Å². The first-order valence-electron chi connectivity index (χ1n) is 7.47. The number of hydrogen-bond acceptors (Lipinski definition) is 4. The van der Waals surface area contributed by atoms with Crippen LogP contribution in [-0.2, 0) is 13.0 Å². The minimum Gasteiger partial charge on any atom is -0.345 e. The summed E-state index contributed by atoms with van der Waals surface area (Å²) in [5.41, 5.74) is 1.32.